The van der Waals surface area contributed by atoms with E-state index in [1.807, 2.05) is 54.6 Å². The van der Waals surface area contributed by atoms with Gasteiger partial charge in [0.1, 0.15) is 0 Å². The molecule has 0 aromatic heterocycles. The summed E-state index contributed by atoms with van der Waals surface area (Å²) in [7, 11) is 0. The van der Waals surface area contributed by atoms with Gasteiger partial charge in [0.2, 0.25) is 5.91 Å². The zero-order valence-corrected chi connectivity index (χ0v) is 16.0. The Labute approximate surface area is 165 Å². The van der Waals surface area contributed by atoms with Crippen LogP contribution < -0.4 is 5.32 Å². The Morgan fingerprint density at radius 2 is 1.37 bits per heavy atom. The Morgan fingerprint density at radius 1 is 0.778 bits per heavy atom. The monoisotopic (exact) mass is 373 g/mol. The van der Waals surface area contributed by atoms with Gasteiger partial charge in [0, 0.05) is 9.79 Å². The number of anilines is 1. The lowest BCUT2D eigenvalue weighted by Crippen LogP contribution is -2.38. The van der Waals surface area contributed by atoms with Crippen LogP contribution in [-0.2, 0) is 10.2 Å². The summed E-state index contributed by atoms with van der Waals surface area (Å²) in [5.74, 6) is 0.118. The van der Waals surface area contributed by atoms with Crippen LogP contribution in [0.25, 0.3) is 0 Å². The van der Waals surface area contributed by atoms with Gasteiger partial charge in [-0.1, -0.05) is 85.3 Å². The number of amides is 1. The van der Waals surface area contributed by atoms with Crippen LogP contribution in [0.3, 0.4) is 0 Å². The van der Waals surface area contributed by atoms with Crippen LogP contribution in [-0.4, -0.2) is 5.91 Å². The first-order valence-electron chi connectivity index (χ1n) is 9.47. The zero-order chi connectivity index (χ0) is 18.5. The minimum Gasteiger partial charge on any atom is -0.324 e. The van der Waals surface area contributed by atoms with E-state index < -0.39 is 5.41 Å². The summed E-state index contributed by atoms with van der Waals surface area (Å²) in [5.41, 5.74) is 1.61. The second-order valence-electron chi connectivity index (χ2n) is 7.02. The quantitative estimate of drug-likeness (QED) is 0.569. The molecule has 2 nitrogen and oxygen atoms in total. The lowest BCUT2D eigenvalue weighted by molar-refractivity contribution is -0.121. The Hall–Kier alpha value is -2.52. The molecular weight excluding hydrogens is 350 g/mol. The fraction of sp³-hybridized carbons (Fsp3) is 0.208. The molecular formula is C24H23NOS. The van der Waals surface area contributed by atoms with E-state index in [1.54, 1.807) is 11.8 Å². The van der Waals surface area contributed by atoms with Gasteiger partial charge in [-0.25, -0.2) is 0 Å². The zero-order valence-electron chi connectivity index (χ0n) is 15.2. The summed E-state index contributed by atoms with van der Waals surface area (Å²) in [6.45, 7) is 0. The molecule has 0 atom stereocenters. The van der Waals surface area contributed by atoms with E-state index in [0.717, 1.165) is 46.7 Å². The average molecular weight is 374 g/mol. The second-order valence-corrected chi connectivity index (χ2v) is 8.14. The normalized spacial score (nSPS) is 15.4. The first-order chi connectivity index (χ1) is 13.3. The SMILES string of the molecule is O=C(Nc1ccccc1Sc1ccccc1)C1(c2ccccc2)CCCC1. The van der Waals surface area contributed by atoms with Crippen molar-refractivity contribution in [2.24, 2.45) is 0 Å². The fourth-order valence-electron chi connectivity index (χ4n) is 3.90. The molecule has 3 aromatic rings. The van der Waals surface area contributed by atoms with Crippen molar-refractivity contribution >= 4 is 23.4 Å². The average Bonchev–Trinajstić information content (AvgIpc) is 3.22. The van der Waals surface area contributed by atoms with Crippen molar-refractivity contribution in [2.45, 2.75) is 40.9 Å². The van der Waals surface area contributed by atoms with Crippen LogP contribution in [0.15, 0.2) is 94.7 Å². The minimum absolute atomic E-state index is 0.118. The number of benzene rings is 3. The molecule has 0 unspecified atom stereocenters. The number of para-hydroxylation sites is 1. The maximum absolute atomic E-state index is 13.4. The van der Waals surface area contributed by atoms with Gasteiger partial charge in [-0.05, 0) is 42.7 Å². The molecule has 0 bridgehead atoms. The largest absolute Gasteiger partial charge is 0.324 e. The number of carbonyl (C=O) groups is 1. The van der Waals surface area contributed by atoms with E-state index in [2.05, 4.69) is 35.6 Å². The topological polar surface area (TPSA) is 29.1 Å². The molecule has 1 aliphatic carbocycles. The Bertz CT molecular complexity index is 902. The first-order valence-corrected chi connectivity index (χ1v) is 10.3. The number of carbonyl (C=O) groups excluding carboxylic acids is 1. The molecule has 136 valence electrons. The van der Waals surface area contributed by atoms with Crippen LogP contribution in [0.2, 0.25) is 0 Å². The molecule has 0 aliphatic heterocycles. The molecule has 0 saturated heterocycles. The molecule has 1 N–H and O–H groups in total. The van der Waals surface area contributed by atoms with E-state index in [1.165, 1.54) is 0 Å². The van der Waals surface area contributed by atoms with Gasteiger partial charge in [0.05, 0.1) is 11.1 Å². The van der Waals surface area contributed by atoms with Crippen molar-refractivity contribution in [3.63, 3.8) is 0 Å². The number of rotatable bonds is 5. The van der Waals surface area contributed by atoms with Gasteiger partial charge in [0.25, 0.3) is 0 Å². The number of nitrogens with one attached hydrogen (secondary N) is 1. The summed E-state index contributed by atoms with van der Waals surface area (Å²) in [6, 6.07) is 28.6. The highest BCUT2D eigenvalue weighted by Crippen LogP contribution is 2.43. The molecule has 1 fully saturated rings. The molecule has 1 aliphatic rings. The lowest BCUT2D eigenvalue weighted by atomic mass is 9.78. The predicted octanol–water partition coefficient (Wildman–Crippen LogP) is 6.29. The summed E-state index contributed by atoms with van der Waals surface area (Å²) >= 11 is 1.68. The van der Waals surface area contributed by atoms with E-state index in [0.29, 0.717) is 0 Å². The molecule has 27 heavy (non-hydrogen) atoms. The van der Waals surface area contributed by atoms with E-state index >= 15 is 0 Å². The maximum Gasteiger partial charge on any atom is 0.235 e. The highest BCUT2D eigenvalue weighted by atomic mass is 32.2. The van der Waals surface area contributed by atoms with Gasteiger partial charge in [-0.3, -0.25) is 4.79 Å². The molecule has 1 saturated carbocycles. The number of hydrogen-bond acceptors (Lipinski definition) is 2. The Kier molecular flexibility index (Phi) is 5.30. The first kappa shape index (κ1) is 17.9. The summed E-state index contributed by atoms with van der Waals surface area (Å²) in [4.78, 5) is 15.7. The van der Waals surface area contributed by atoms with Crippen molar-refractivity contribution < 1.29 is 4.79 Å². The summed E-state index contributed by atoms with van der Waals surface area (Å²) < 4.78 is 0. The van der Waals surface area contributed by atoms with Crippen molar-refractivity contribution in [1.29, 1.82) is 0 Å². The van der Waals surface area contributed by atoms with Crippen LogP contribution >= 0.6 is 11.8 Å². The van der Waals surface area contributed by atoms with E-state index in [9.17, 15) is 4.79 Å². The molecule has 1 amide bonds. The smallest absolute Gasteiger partial charge is 0.235 e. The standard InChI is InChI=1S/C24H23NOS/c26-23(24(17-9-10-18-24)19-11-3-1-4-12-19)25-21-15-7-8-16-22(21)27-20-13-5-2-6-14-20/h1-8,11-16H,9-10,17-18H2,(H,25,26). The predicted molar refractivity (Wildman–Crippen MR) is 112 cm³/mol. The maximum atomic E-state index is 13.4. The minimum atomic E-state index is -0.411. The van der Waals surface area contributed by atoms with Crippen molar-refractivity contribution in [2.75, 3.05) is 5.32 Å². The molecule has 3 aromatic carbocycles. The third-order valence-electron chi connectivity index (χ3n) is 5.32. The van der Waals surface area contributed by atoms with E-state index in [-0.39, 0.29) is 5.91 Å². The molecule has 0 radical (unpaired) electrons. The van der Waals surface area contributed by atoms with Crippen LogP contribution in [0.4, 0.5) is 5.69 Å². The van der Waals surface area contributed by atoms with Crippen LogP contribution in [0.5, 0.6) is 0 Å². The molecule has 0 spiro atoms. The molecule has 3 heteroatoms. The van der Waals surface area contributed by atoms with Crippen LogP contribution in [0, 0.1) is 0 Å². The summed E-state index contributed by atoms with van der Waals surface area (Å²) in [6.07, 6.45) is 4.03. The van der Waals surface area contributed by atoms with Gasteiger partial charge >= 0.3 is 0 Å². The fourth-order valence-corrected chi connectivity index (χ4v) is 4.82. The third-order valence-corrected chi connectivity index (χ3v) is 6.41. The van der Waals surface area contributed by atoms with Crippen LogP contribution in [0.1, 0.15) is 31.2 Å². The van der Waals surface area contributed by atoms with Crippen molar-refractivity contribution in [3.8, 4) is 0 Å². The van der Waals surface area contributed by atoms with Crippen molar-refractivity contribution in [1.82, 2.24) is 0 Å². The van der Waals surface area contributed by atoms with Gasteiger partial charge in [-0.2, -0.15) is 0 Å². The van der Waals surface area contributed by atoms with Crippen molar-refractivity contribution in [3.05, 3.63) is 90.5 Å². The van der Waals surface area contributed by atoms with Gasteiger partial charge in [-0.15, -0.1) is 0 Å². The van der Waals surface area contributed by atoms with Gasteiger partial charge < -0.3 is 5.32 Å². The highest BCUT2D eigenvalue weighted by Gasteiger charge is 2.42. The van der Waals surface area contributed by atoms with Gasteiger partial charge in [0.15, 0.2) is 0 Å². The Morgan fingerprint density at radius 3 is 2.07 bits per heavy atom. The Balaban J connectivity index is 1.61. The highest BCUT2D eigenvalue weighted by molar-refractivity contribution is 7.99. The molecule has 0 heterocycles. The number of hydrogen-bond donors (Lipinski definition) is 1. The van der Waals surface area contributed by atoms with E-state index in [4.69, 9.17) is 0 Å². The second kappa shape index (κ2) is 8.01. The molecule has 4 rings (SSSR count). The third kappa shape index (κ3) is 3.79. The summed E-state index contributed by atoms with van der Waals surface area (Å²) in [5, 5.41) is 3.25. The lowest BCUT2D eigenvalue weighted by Gasteiger charge is -2.28.